The minimum absolute atomic E-state index is 0.244. The Kier molecular flexibility index (Phi) is 4.35. The van der Waals surface area contributed by atoms with E-state index in [1.807, 2.05) is 0 Å². The third kappa shape index (κ3) is 3.85. The van der Waals surface area contributed by atoms with Crippen molar-refractivity contribution in [2.45, 2.75) is 0 Å². The Morgan fingerprint density at radius 1 is 1.50 bits per heavy atom. The average Bonchev–Trinajstić information content (AvgIpc) is 2.89. The number of rotatable bonds is 4. The van der Waals surface area contributed by atoms with Crippen molar-refractivity contribution in [3.05, 3.63) is 52.5 Å². The summed E-state index contributed by atoms with van der Waals surface area (Å²) >= 11 is 5.00. The molecule has 0 aliphatic heterocycles. The quantitative estimate of drug-likeness (QED) is 0.383. The smallest absolute Gasteiger partial charge is 0.400 e. The number of hydrogen-bond donors (Lipinski definition) is 2. The fourth-order valence-electron chi connectivity index (χ4n) is 1.26. The van der Waals surface area contributed by atoms with Gasteiger partial charge in [0.1, 0.15) is 4.92 Å². The average molecular weight is 291 g/mol. The molecule has 0 radical (unpaired) electrons. The van der Waals surface area contributed by atoms with Crippen molar-refractivity contribution in [2.75, 3.05) is 5.32 Å². The van der Waals surface area contributed by atoms with Crippen LogP contribution in [0.2, 0.25) is 0 Å². The van der Waals surface area contributed by atoms with Crippen LogP contribution in [0.15, 0.2) is 46.2 Å². The van der Waals surface area contributed by atoms with Gasteiger partial charge in [0.15, 0.2) is 10.9 Å². The lowest BCUT2D eigenvalue weighted by molar-refractivity contribution is -0.402. The number of hydrazone groups is 1. The maximum absolute atomic E-state index is 10.4. The van der Waals surface area contributed by atoms with Gasteiger partial charge in [0.25, 0.3) is 0 Å². The minimum Gasteiger partial charge on any atom is -0.400 e. The Morgan fingerprint density at radius 2 is 2.35 bits per heavy atom. The molecular formula is C11H9N5O3S. The lowest BCUT2D eigenvalue weighted by Gasteiger charge is -2.05. The van der Waals surface area contributed by atoms with Gasteiger partial charge < -0.3 is 9.73 Å². The Bertz CT molecular complexity index is 641. The number of nitro groups is 1. The number of furan rings is 1. The van der Waals surface area contributed by atoms with Gasteiger partial charge >= 0.3 is 5.88 Å². The number of pyridine rings is 1. The zero-order chi connectivity index (χ0) is 14.4. The van der Waals surface area contributed by atoms with Gasteiger partial charge in [0.05, 0.1) is 24.2 Å². The summed E-state index contributed by atoms with van der Waals surface area (Å²) in [6.07, 6.45) is 4.53. The molecule has 2 aromatic heterocycles. The van der Waals surface area contributed by atoms with Crippen LogP contribution in [-0.2, 0) is 0 Å². The van der Waals surface area contributed by atoms with E-state index in [1.54, 1.807) is 24.5 Å². The second kappa shape index (κ2) is 6.38. The summed E-state index contributed by atoms with van der Waals surface area (Å²) in [5.41, 5.74) is 3.27. The first kappa shape index (κ1) is 13.6. The molecule has 0 saturated heterocycles. The van der Waals surface area contributed by atoms with E-state index in [1.165, 1.54) is 18.3 Å². The molecule has 0 aliphatic carbocycles. The van der Waals surface area contributed by atoms with Gasteiger partial charge in [-0.2, -0.15) is 5.10 Å². The van der Waals surface area contributed by atoms with E-state index >= 15 is 0 Å². The number of aromatic nitrogens is 1. The molecular weight excluding hydrogens is 282 g/mol. The highest BCUT2D eigenvalue weighted by molar-refractivity contribution is 7.80. The molecule has 2 N–H and O–H groups in total. The van der Waals surface area contributed by atoms with Crippen molar-refractivity contribution < 1.29 is 9.34 Å². The van der Waals surface area contributed by atoms with Gasteiger partial charge in [0.2, 0.25) is 0 Å². The lowest BCUT2D eigenvalue weighted by atomic mass is 10.4. The van der Waals surface area contributed by atoms with E-state index < -0.39 is 4.92 Å². The molecule has 0 atom stereocenters. The fraction of sp³-hybridized carbons (Fsp3) is 0. The van der Waals surface area contributed by atoms with Crippen LogP contribution in [0.25, 0.3) is 0 Å². The topological polar surface area (TPSA) is 106 Å². The highest BCUT2D eigenvalue weighted by Gasteiger charge is 2.10. The summed E-state index contributed by atoms with van der Waals surface area (Å²) in [5.74, 6) is -0.101. The van der Waals surface area contributed by atoms with E-state index in [2.05, 4.69) is 20.8 Å². The molecule has 2 rings (SSSR count). The first-order valence-electron chi connectivity index (χ1n) is 5.39. The van der Waals surface area contributed by atoms with Gasteiger partial charge in [-0.3, -0.25) is 20.5 Å². The van der Waals surface area contributed by atoms with Crippen LogP contribution in [0.4, 0.5) is 11.6 Å². The summed E-state index contributed by atoms with van der Waals surface area (Å²) in [6.45, 7) is 0. The van der Waals surface area contributed by atoms with E-state index in [-0.39, 0.29) is 16.8 Å². The van der Waals surface area contributed by atoms with Crippen molar-refractivity contribution in [1.82, 2.24) is 10.4 Å². The molecule has 0 saturated carbocycles. The number of hydrogen-bond acceptors (Lipinski definition) is 6. The Hall–Kier alpha value is -2.81. The Labute approximate surface area is 118 Å². The summed E-state index contributed by atoms with van der Waals surface area (Å²) < 4.78 is 4.88. The molecule has 0 unspecified atom stereocenters. The molecule has 2 heterocycles. The third-order valence-electron chi connectivity index (χ3n) is 2.07. The molecule has 2 aromatic rings. The first-order valence-corrected chi connectivity index (χ1v) is 5.80. The second-order valence-electron chi connectivity index (χ2n) is 3.50. The van der Waals surface area contributed by atoms with Crippen molar-refractivity contribution in [3.8, 4) is 0 Å². The summed E-state index contributed by atoms with van der Waals surface area (Å²) in [6, 6.07) is 6.23. The number of nitrogens with one attached hydrogen (secondary N) is 2. The van der Waals surface area contributed by atoms with E-state index in [9.17, 15) is 10.1 Å². The molecule has 0 amide bonds. The van der Waals surface area contributed by atoms with Gasteiger partial charge in [-0.15, -0.1) is 0 Å². The third-order valence-corrected chi connectivity index (χ3v) is 2.26. The van der Waals surface area contributed by atoms with Crippen molar-refractivity contribution in [2.24, 2.45) is 5.10 Å². The fourth-order valence-corrected chi connectivity index (χ4v) is 1.43. The van der Waals surface area contributed by atoms with Crippen LogP contribution in [-0.4, -0.2) is 21.2 Å². The van der Waals surface area contributed by atoms with Crippen LogP contribution in [0, 0.1) is 10.1 Å². The normalized spacial score (nSPS) is 10.4. The molecule has 0 spiro atoms. The molecule has 0 fully saturated rings. The highest BCUT2D eigenvalue weighted by atomic mass is 32.1. The lowest BCUT2D eigenvalue weighted by Crippen LogP contribution is -2.23. The molecule has 0 bridgehead atoms. The number of nitrogens with zero attached hydrogens (tertiary/aromatic N) is 3. The van der Waals surface area contributed by atoms with Gasteiger partial charge in [0, 0.05) is 6.20 Å². The monoisotopic (exact) mass is 291 g/mol. The SMILES string of the molecule is O=[N+]([O-])c1ccc(C=NNC(=S)Nc2cccnc2)o1. The molecule has 0 aliphatic rings. The second-order valence-corrected chi connectivity index (χ2v) is 3.91. The number of anilines is 1. The van der Waals surface area contributed by atoms with Crippen molar-refractivity contribution >= 4 is 35.1 Å². The highest BCUT2D eigenvalue weighted by Crippen LogP contribution is 2.13. The molecule has 20 heavy (non-hydrogen) atoms. The molecule has 8 nitrogen and oxygen atoms in total. The maximum atomic E-state index is 10.4. The van der Waals surface area contributed by atoms with E-state index in [0.717, 1.165) is 0 Å². The van der Waals surface area contributed by atoms with Gasteiger partial charge in [-0.25, -0.2) is 0 Å². The molecule has 9 heteroatoms. The van der Waals surface area contributed by atoms with Crippen LogP contribution < -0.4 is 10.7 Å². The maximum Gasteiger partial charge on any atom is 0.433 e. The standard InChI is InChI=1S/C11H9N5O3S/c17-16(18)10-4-3-9(19-10)7-13-15-11(20)14-8-2-1-5-12-6-8/h1-7H,(H2,14,15,20). The Balaban J connectivity index is 1.86. The van der Waals surface area contributed by atoms with Crippen molar-refractivity contribution in [3.63, 3.8) is 0 Å². The van der Waals surface area contributed by atoms with Crippen LogP contribution >= 0.6 is 12.2 Å². The largest absolute Gasteiger partial charge is 0.433 e. The zero-order valence-electron chi connectivity index (χ0n) is 10.0. The predicted molar refractivity (Wildman–Crippen MR) is 76.5 cm³/mol. The summed E-state index contributed by atoms with van der Waals surface area (Å²) in [7, 11) is 0. The van der Waals surface area contributed by atoms with Crippen LogP contribution in [0.1, 0.15) is 5.76 Å². The van der Waals surface area contributed by atoms with Gasteiger partial charge in [-0.1, -0.05) is 0 Å². The summed E-state index contributed by atoms with van der Waals surface area (Å²) in [4.78, 5) is 13.7. The molecule has 102 valence electrons. The van der Waals surface area contributed by atoms with E-state index in [4.69, 9.17) is 16.6 Å². The van der Waals surface area contributed by atoms with Crippen LogP contribution in [0.3, 0.4) is 0 Å². The zero-order valence-corrected chi connectivity index (χ0v) is 10.8. The first-order chi connectivity index (χ1) is 9.65. The minimum atomic E-state index is -0.626. The predicted octanol–water partition coefficient (Wildman–Crippen LogP) is 1.90. The van der Waals surface area contributed by atoms with Gasteiger partial charge in [-0.05, 0) is 30.4 Å². The van der Waals surface area contributed by atoms with Crippen molar-refractivity contribution in [1.29, 1.82) is 0 Å². The number of thiocarbonyl (C=S) groups is 1. The Morgan fingerprint density at radius 3 is 3.00 bits per heavy atom. The van der Waals surface area contributed by atoms with Crippen LogP contribution in [0.5, 0.6) is 0 Å². The van der Waals surface area contributed by atoms with E-state index in [0.29, 0.717) is 5.69 Å². The molecule has 0 aromatic carbocycles. The summed E-state index contributed by atoms with van der Waals surface area (Å²) in [5, 5.41) is 17.3.